The highest BCUT2D eigenvalue weighted by Gasteiger charge is 2.18. The van der Waals surface area contributed by atoms with Crippen molar-refractivity contribution >= 4 is 44.9 Å². The maximum atomic E-state index is 13.3. The van der Waals surface area contributed by atoms with Gasteiger partial charge in [0.2, 0.25) is 5.91 Å². The molecular formula is C24H23N3O3S2. The zero-order chi connectivity index (χ0) is 22.5. The van der Waals surface area contributed by atoms with E-state index in [4.69, 9.17) is 9.72 Å². The van der Waals surface area contributed by atoms with Crippen LogP contribution in [0.4, 0.5) is 5.69 Å². The molecular weight excluding hydrogens is 442 g/mol. The number of nitrogens with zero attached hydrogens (tertiary/aromatic N) is 3. The Balaban J connectivity index is 1.65. The Labute approximate surface area is 194 Å². The number of hydrogen-bond acceptors (Lipinski definition) is 6. The number of methoxy groups -OCH3 is 1. The standard InChI is InChI=1S/C24H23N3O3S2/c1-3-26(18-10-5-4-6-11-18)21(28)16-32-24-25-19-13-14-31-22(19)23(29)27(24)15-17-9-7-8-12-20(17)30-2/h4-14H,3,15-16H2,1-2H3. The maximum absolute atomic E-state index is 13.3. The summed E-state index contributed by atoms with van der Waals surface area (Å²) in [5.74, 6) is 0.850. The summed E-state index contributed by atoms with van der Waals surface area (Å²) >= 11 is 2.66. The lowest BCUT2D eigenvalue weighted by molar-refractivity contribution is -0.116. The van der Waals surface area contributed by atoms with Crippen LogP contribution in [0.5, 0.6) is 5.75 Å². The number of fused-ring (bicyclic) bond motifs is 1. The van der Waals surface area contributed by atoms with Crippen LogP contribution in [-0.4, -0.2) is 34.9 Å². The summed E-state index contributed by atoms with van der Waals surface area (Å²) in [6.07, 6.45) is 0. The fourth-order valence-electron chi connectivity index (χ4n) is 3.49. The van der Waals surface area contributed by atoms with Gasteiger partial charge in [0.15, 0.2) is 5.16 Å². The molecule has 0 aliphatic heterocycles. The minimum atomic E-state index is -0.110. The quantitative estimate of drug-likeness (QED) is 0.280. The molecule has 0 aliphatic rings. The fraction of sp³-hybridized carbons (Fsp3) is 0.208. The molecule has 1 amide bonds. The van der Waals surface area contributed by atoms with Crippen molar-refractivity contribution in [1.82, 2.24) is 9.55 Å². The van der Waals surface area contributed by atoms with Crippen molar-refractivity contribution in [3.63, 3.8) is 0 Å². The molecule has 0 spiro atoms. The molecule has 0 fully saturated rings. The average Bonchev–Trinajstić information content (AvgIpc) is 3.30. The molecule has 0 radical (unpaired) electrons. The Morgan fingerprint density at radius 1 is 1.12 bits per heavy atom. The largest absolute Gasteiger partial charge is 0.496 e. The van der Waals surface area contributed by atoms with E-state index < -0.39 is 0 Å². The normalized spacial score (nSPS) is 10.9. The molecule has 0 atom stereocenters. The third kappa shape index (κ3) is 4.56. The van der Waals surface area contributed by atoms with Gasteiger partial charge in [0.05, 0.1) is 24.9 Å². The van der Waals surface area contributed by atoms with Crippen LogP contribution >= 0.6 is 23.1 Å². The lowest BCUT2D eigenvalue weighted by Crippen LogP contribution is -2.32. The lowest BCUT2D eigenvalue weighted by atomic mass is 10.2. The first kappa shape index (κ1) is 22.1. The van der Waals surface area contributed by atoms with E-state index in [2.05, 4.69) is 0 Å². The fourth-order valence-corrected chi connectivity index (χ4v) is 5.15. The SMILES string of the molecule is CCN(C(=O)CSc1nc2ccsc2c(=O)n1Cc1ccccc1OC)c1ccccc1. The van der Waals surface area contributed by atoms with Crippen LogP contribution in [0.3, 0.4) is 0 Å². The van der Waals surface area contributed by atoms with Gasteiger partial charge in [0.1, 0.15) is 10.4 Å². The second kappa shape index (κ2) is 10.0. The third-order valence-corrected chi connectivity index (χ3v) is 6.91. The van der Waals surface area contributed by atoms with E-state index in [0.717, 1.165) is 11.3 Å². The topological polar surface area (TPSA) is 64.4 Å². The Hall–Kier alpha value is -3.10. The Bertz CT molecular complexity index is 1280. The lowest BCUT2D eigenvalue weighted by Gasteiger charge is -2.21. The number of thiophene rings is 1. The van der Waals surface area contributed by atoms with Gasteiger partial charge in [-0.3, -0.25) is 14.2 Å². The molecule has 2 heterocycles. The summed E-state index contributed by atoms with van der Waals surface area (Å²) in [5, 5.41) is 2.38. The zero-order valence-corrected chi connectivity index (χ0v) is 19.5. The van der Waals surface area contributed by atoms with E-state index in [1.807, 2.05) is 73.0 Å². The number of benzene rings is 2. The first-order valence-electron chi connectivity index (χ1n) is 10.2. The number of thioether (sulfide) groups is 1. The Kier molecular flexibility index (Phi) is 6.92. The molecule has 8 heteroatoms. The molecule has 2 aromatic carbocycles. The van der Waals surface area contributed by atoms with Gasteiger partial charge in [-0.25, -0.2) is 4.98 Å². The minimum Gasteiger partial charge on any atom is -0.496 e. The van der Waals surface area contributed by atoms with E-state index in [0.29, 0.717) is 34.2 Å². The number of anilines is 1. The van der Waals surface area contributed by atoms with Crippen LogP contribution in [0.25, 0.3) is 10.2 Å². The van der Waals surface area contributed by atoms with Crippen LogP contribution in [0.1, 0.15) is 12.5 Å². The highest BCUT2D eigenvalue weighted by molar-refractivity contribution is 7.99. The highest BCUT2D eigenvalue weighted by atomic mass is 32.2. The number of para-hydroxylation sites is 2. The average molecular weight is 466 g/mol. The van der Waals surface area contributed by atoms with Crippen LogP contribution in [0.15, 0.2) is 76.0 Å². The second-order valence-corrected chi connectivity index (χ2v) is 8.85. The van der Waals surface area contributed by atoms with E-state index >= 15 is 0 Å². The van der Waals surface area contributed by atoms with Crippen molar-refractivity contribution in [2.45, 2.75) is 18.6 Å². The van der Waals surface area contributed by atoms with Crippen molar-refractivity contribution in [3.8, 4) is 5.75 Å². The monoisotopic (exact) mass is 465 g/mol. The molecule has 0 N–H and O–H groups in total. The number of ether oxygens (including phenoxy) is 1. The molecule has 4 aromatic rings. The Morgan fingerprint density at radius 2 is 1.88 bits per heavy atom. The van der Waals surface area contributed by atoms with Gasteiger partial charge in [-0.1, -0.05) is 48.2 Å². The minimum absolute atomic E-state index is 0.0350. The van der Waals surface area contributed by atoms with Gasteiger partial charge < -0.3 is 9.64 Å². The smallest absolute Gasteiger partial charge is 0.272 e. The number of rotatable bonds is 8. The van der Waals surface area contributed by atoms with E-state index in [1.54, 1.807) is 16.6 Å². The predicted octanol–water partition coefficient (Wildman–Crippen LogP) is 4.66. The van der Waals surface area contributed by atoms with Crippen LogP contribution in [-0.2, 0) is 11.3 Å². The predicted molar refractivity (Wildman–Crippen MR) is 131 cm³/mol. The summed E-state index contributed by atoms with van der Waals surface area (Å²) in [5.41, 5.74) is 2.28. The van der Waals surface area contributed by atoms with Gasteiger partial charge in [-0.05, 0) is 36.6 Å². The van der Waals surface area contributed by atoms with Crippen LogP contribution in [0.2, 0.25) is 0 Å². The van der Waals surface area contributed by atoms with Gasteiger partial charge >= 0.3 is 0 Å². The molecule has 2 aromatic heterocycles. The number of carbonyl (C=O) groups is 1. The summed E-state index contributed by atoms with van der Waals surface area (Å²) in [6, 6.07) is 19.0. The maximum Gasteiger partial charge on any atom is 0.272 e. The third-order valence-electron chi connectivity index (χ3n) is 5.06. The molecule has 164 valence electrons. The molecule has 0 bridgehead atoms. The molecule has 4 rings (SSSR count). The molecule has 0 aliphatic carbocycles. The van der Waals surface area contributed by atoms with Gasteiger partial charge in [-0.15, -0.1) is 11.3 Å². The first-order valence-corrected chi connectivity index (χ1v) is 12.1. The molecule has 0 unspecified atom stereocenters. The number of amides is 1. The van der Waals surface area contributed by atoms with E-state index in [1.165, 1.54) is 23.1 Å². The number of aromatic nitrogens is 2. The Morgan fingerprint density at radius 3 is 2.62 bits per heavy atom. The molecule has 6 nitrogen and oxygen atoms in total. The van der Waals surface area contributed by atoms with Crippen LogP contribution < -0.4 is 15.2 Å². The summed E-state index contributed by atoms with van der Waals surface area (Å²) in [6.45, 7) is 2.83. The summed E-state index contributed by atoms with van der Waals surface area (Å²) < 4.78 is 7.70. The summed E-state index contributed by atoms with van der Waals surface area (Å²) in [7, 11) is 1.61. The van der Waals surface area contributed by atoms with Crippen molar-refractivity contribution < 1.29 is 9.53 Å². The van der Waals surface area contributed by atoms with Gasteiger partial charge in [0.25, 0.3) is 5.56 Å². The zero-order valence-electron chi connectivity index (χ0n) is 17.9. The number of carbonyl (C=O) groups excluding carboxylic acids is 1. The molecule has 0 saturated carbocycles. The molecule has 0 saturated heterocycles. The first-order chi connectivity index (χ1) is 15.6. The van der Waals surface area contributed by atoms with Crippen LogP contribution in [0, 0.1) is 0 Å². The van der Waals surface area contributed by atoms with Gasteiger partial charge in [0, 0.05) is 17.8 Å². The molecule has 32 heavy (non-hydrogen) atoms. The van der Waals surface area contributed by atoms with Crippen molar-refractivity contribution in [2.24, 2.45) is 0 Å². The highest BCUT2D eigenvalue weighted by Crippen LogP contribution is 2.25. The second-order valence-electron chi connectivity index (χ2n) is 6.99. The van der Waals surface area contributed by atoms with E-state index in [9.17, 15) is 9.59 Å². The number of hydrogen-bond donors (Lipinski definition) is 0. The van der Waals surface area contributed by atoms with Crippen molar-refractivity contribution in [1.29, 1.82) is 0 Å². The van der Waals surface area contributed by atoms with Crippen molar-refractivity contribution in [3.05, 3.63) is 82.0 Å². The van der Waals surface area contributed by atoms with Crippen molar-refractivity contribution in [2.75, 3.05) is 24.3 Å². The van der Waals surface area contributed by atoms with E-state index in [-0.39, 0.29) is 17.2 Å². The van der Waals surface area contributed by atoms with Gasteiger partial charge in [-0.2, -0.15) is 0 Å². The summed E-state index contributed by atoms with van der Waals surface area (Å²) in [4.78, 5) is 32.7.